The quantitative estimate of drug-likeness (QED) is 0.419. The molecule has 35 heavy (non-hydrogen) atoms. The van der Waals surface area contributed by atoms with Gasteiger partial charge >= 0.3 is 12.1 Å². The average molecular weight is 490 g/mol. The third-order valence-corrected chi connectivity index (χ3v) is 7.80. The van der Waals surface area contributed by atoms with Crippen molar-refractivity contribution in [2.75, 3.05) is 6.54 Å². The van der Waals surface area contributed by atoms with Gasteiger partial charge in [-0.25, -0.2) is 9.59 Å². The maximum atomic E-state index is 12.9. The van der Waals surface area contributed by atoms with Crippen LogP contribution >= 0.6 is 11.8 Å². The van der Waals surface area contributed by atoms with Crippen LogP contribution in [0.25, 0.3) is 0 Å². The van der Waals surface area contributed by atoms with Crippen LogP contribution in [0.4, 0.5) is 4.79 Å². The van der Waals surface area contributed by atoms with E-state index < -0.39 is 28.5 Å². The first-order valence-electron chi connectivity index (χ1n) is 11.8. The Morgan fingerprint density at radius 2 is 1.26 bits per heavy atom. The summed E-state index contributed by atoms with van der Waals surface area (Å²) in [6.45, 7) is 5.65. The molecule has 0 radical (unpaired) electrons. The summed E-state index contributed by atoms with van der Waals surface area (Å²) in [7, 11) is 0. The lowest BCUT2D eigenvalue weighted by Gasteiger charge is -2.37. The standard InChI is InChI=1S/C29H31NO4S/c1-28(2,3)34-27(33)30-20-24(19-25(30)26(31)32)35-29(21-13-7-4-8-14-21,22-15-9-5-10-16-22)23-17-11-6-12-18-23/h4-18,24-25H,19-20H2,1-3H3,(H,31,32)/t24-,25-/m0/s1. The number of hydrogen-bond donors (Lipinski definition) is 1. The summed E-state index contributed by atoms with van der Waals surface area (Å²) in [5, 5.41) is 9.82. The number of thioether (sulfide) groups is 1. The van der Waals surface area contributed by atoms with Crippen LogP contribution in [0.3, 0.4) is 0 Å². The van der Waals surface area contributed by atoms with Crippen LogP contribution in [-0.2, 0) is 14.3 Å². The molecule has 1 amide bonds. The van der Waals surface area contributed by atoms with Gasteiger partial charge in [-0.3, -0.25) is 4.90 Å². The Morgan fingerprint density at radius 1 is 0.829 bits per heavy atom. The van der Waals surface area contributed by atoms with Crippen molar-refractivity contribution in [1.29, 1.82) is 0 Å². The Hall–Kier alpha value is -3.25. The van der Waals surface area contributed by atoms with Crippen LogP contribution < -0.4 is 0 Å². The second-order valence-electron chi connectivity index (χ2n) is 9.74. The number of ether oxygens (including phenoxy) is 1. The molecule has 1 aliphatic rings. The minimum absolute atomic E-state index is 0.121. The molecule has 3 aromatic rings. The van der Waals surface area contributed by atoms with Gasteiger partial charge in [0.25, 0.3) is 0 Å². The van der Waals surface area contributed by atoms with Crippen molar-refractivity contribution in [3.8, 4) is 0 Å². The first kappa shape index (κ1) is 24.9. The van der Waals surface area contributed by atoms with Gasteiger partial charge in [-0.1, -0.05) is 91.0 Å². The molecule has 1 heterocycles. The lowest BCUT2D eigenvalue weighted by atomic mass is 9.84. The minimum atomic E-state index is -1.01. The van der Waals surface area contributed by atoms with Crippen molar-refractivity contribution >= 4 is 23.8 Å². The van der Waals surface area contributed by atoms with Crippen LogP contribution in [0.5, 0.6) is 0 Å². The maximum absolute atomic E-state index is 12.9. The van der Waals surface area contributed by atoms with Gasteiger partial charge in [-0.05, 0) is 43.9 Å². The highest BCUT2D eigenvalue weighted by Crippen LogP contribution is 2.52. The first-order valence-corrected chi connectivity index (χ1v) is 12.7. The summed E-state index contributed by atoms with van der Waals surface area (Å²) in [6.07, 6.45) is -0.245. The molecule has 2 atom stereocenters. The average Bonchev–Trinajstić information content (AvgIpc) is 3.28. The highest BCUT2D eigenvalue weighted by atomic mass is 32.2. The number of benzene rings is 3. The lowest BCUT2D eigenvalue weighted by molar-refractivity contribution is -0.142. The number of carboxylic acid groups (broad SMARTS) is 1. The fourth-order valence-corrected chi connectivity index (χ4v) is 6.44. The van der Waals surface area contributed by atoms with Gasteiger partial charge in [-0.2, -0.15) is 0 Å². The van der Waals surface area contributed by atoms with Crippen molar-refractivity contribution < 1.29 is 19.4 Å². The zero-order valence-corrected chi connectivity index (χ0v) is 21.1. The van der Waals surface area contributed by atoms with Gasteiger partial charge in [0.1, 0.15) is 11.6 Å². The molecule has 5 nitrogen and oxygen atoms in total. The third kappa shape index (κ3) is 5.38. The maximum Gasteiger partial charge on any atom is 0.411 e. The minimum Gasteiger partial charge on any atom is -0.480 e. The van der Waals surface area contributed by atoms with Crippen LogP contribution in [0.2, 0.25) is 0 Å². The zero-order valence-electron chi connectivity index (χ0n) is 20.3. The number of aliphatic carboxylic acids is 1. The van der Waals surface area contributed by atoms with Gasteiger partial charge in [0.15, 0.2) is 0 Å². The topological polar surface area (TPSA) is 66.8 Å². The van der Waals surface area contributed by atoms with Gasteiger partial charge in [0, 0.05) is 11.8 Å². The number of carboxylic acids is 1. The number of carbonyl (C=O) groups is 2. The van der Waals surface area contributed by atoms with Crippen LogP contribution in [0.15, 0.2) is 91.0 Å². The number of hydrogen-bond acceptors (Lipinski definition) is 4. The van der Waals surface area contributed by atoms with Crippen molar-refractivity contribution in [3.63, 3.8) is 0 Å². The predicted octanol–water partition coefficient (Wildman–Crippen LogP) is 6.17. The van der Waals surface area contributed by atoms with Crippen LogP contribution in [0.1, 0.15) is 43.9 Å². The largest absolute Gasteiger partial charge is 0.480 e. The van der Waals surface area contributed by atoms with Crippen molar-refractivity contribution in [1.82, 2.24) is 4.90 Å². The summed E-state index contributed by atoms with van der Waals surface area (Å²) in [4.78, 5) is 26.4. The Morgan fingerprint density at radius 3 is 1.63 bits per heavy atom. The monoisotopic (exact) mass is 489 g/mol. The second-order valence-corrected chi connectivity index (χ2v) is 11.3. The van der Waals surface area contributed by atoms with Crippen molar-refractivity contribution in [2.45, 2.75) is 48.8 Å². The molecule has 1 fully saturated rings. The predicted molar refractivity (Wildman–Crippen MR) is 140 cm³/mol. The first-order chi connectivity index (χ1) is 16.7. The highest BCUT2D eigenvalue weighted by molar-refractivity contribution is 8.01. The van der Waals surface area contributed by atoms with E-state index in [2.05, 4.69) is 36.4 Å². The Bertz CT molecular complexity index is 1050. The van der Waals surface area contributed by atoms with E-state index in [1.54, 1.807) is 32.5 Å². The molecular weight excluding hydrogens is 458 g/mol. The molecule has 3 aromatic carbocycles. The van der Waals surface area contributed by atoms with E-state index in [1.165, 1.54) is 4.90 Å². The number of rotatable bonds is 6. The van der Waals surface area contributed by atoms with E-state index in [0.717, 1.165) is 16.7 Å². The second kappa shape index (κ2) is 10.2. The molecule has 6 heteroatoms. The van der Waals surface area contributed by atoms with Gasteiger partial charge in [0.2, 0.25) is 0 Å². The Labute approximate surface area is 211 Å². The summed E-state index contributed by atoms with van der Waals surface area (Å²) in [5.41, 5.74) is 2.60. The van der Waals surface area contributed by atoms with E-state index in [0.29, 0.717) is 13.0 Å². The molecule has 4 rings (SSSR count). The molecule has 1 aliphatic heterocycles. The van der Waals surface area contributed by atoms with Crippen LogP contribution in [-0.4, -0.2) is 45.5 Å². The molecule has 0 saturated carbocycles. The Kier molecular flexibility index (Phi) is 7.22. The number of likely N-dealkylation sites (tertiary alicyclic amines) is 1. The number of nitrogens with zero attached hydrogens (tertiary/aromatic N) is 1. The summed E-state index contributed by atoms with van der Waals surface area (Å²) >= 11 is 1.71. The van der Waals surface area contributed by atoms with E-state index >= 15 is 0 Å². The van der Waals surface area contributed by atoms with Crippen molar-refractivity contribution in [2.24, 2.45) is 0 Å². The van der Waals surface area contributed by atoms with E-state index in [-0.39, 0.29) is 5.25 Å². The van der Waals surface area contributed by atoms with E-state index in [1.807, 2.05) is 54.6 Å². The lowest BCUT2D eigenvalue weighted by Crippen LogP contribution is -2.43. The fraction of sp³-hybridized carbons (Fsp3) is 0.310. The van der Waals surface area contributed by atoms with Crippen LogP contribution in [0, 0.1) is 0 Å². The molecule has 182 valence electrons. The molecule has 0 aromatic heterocycles. The molecule has 0 unspecified atom stereocenters. The zero-order chi connectivity index (χ0) is 25.1. The summed E-state index contributed by atoms with van der Waals surface area (Å²) in [6, 6.07) is 29.9. The van der Waals surface area contributed by atoms with Gasteiger partial charge in [0.05, 0.1) is 4.75 Å². The highest BCUT2D eigenvalue weighted by Gasteiger charge is 2.47. The third-order valence-electron chi connectivity index (χ3n) is 6.06. The molecule has 0 spiro atoms. The van der Waals surface area contributed by atoms with Gasteiger partial charge in [-0.15, -0.1) is 11.8 Å². The smallest absolute Gasteiger partial charge is 0.411 e. The SMILES string of the molecule is CC(C)(C)OC(=O)N1C[C@@H](SC(c2ccccc2)(c2ccccc2)c2ccccc2)C[C@H]1C(=O)O. The van der Waals surface area contributed by atoms with E-state index in [4.69, 9.17) is 4.74 Å². The van der Waals surface area contributed by atoms with E-state index in [9.17, 15) is 14.7 Å². The molecule has 0 bridgehead atoms. The van der Waals surface area contributed by atoms with Crippen molar-refractivity contribution in [3.05, 3.63) is 108 Å². The van der Waals surface area contributed by atoms with Gasteiger partial charge < -0.3 is 9.84 Å². The summed E-state index contributed by atoms with van der Waals surface area (Å²) in [5.74, 6) is -1.01. The molecule has 1 saturated heterocycles. The normalized spacial score (nSPS) is 18.3. The number of carbonyl (C=O) groups excluding carboxylic acids is 1. The molecule has 0 aliphatic carbocycles. The molecule has 1 N–H and O–H groups in total. The Balaban J connectivity index is 1.78. The molecular formula is C29H31NO4S. The number of amides is 1. The fourth-order valence-electron chi connectivity index (χ4n) is 4.61. The summed E-state index contributed by atoms with van der Waals surface area (Å²) < 4.78 is 4.97.